The zero-order chi connectivity index (χ0) is 31.3. The summed E-state index contributed by atoms with van der Waals surface area (Å²) in [6.07, 6.45) is 0.139. The summed E-state index contributed by atoms with van der Waals surface area (Å²) in [7, 11) is 0. The van der Waals surface area contributed by atoms with Crippen molar-refractivity contribution in [3.63, 3.8) is 0 Å². The number of carbonyl (C=O) groups excluding carboxylic acids is 3. The van der Waals surface area contributed by atoms with Gasteiger partial charge in [-0.2, -0.15) is 0 Å². The van der Waals surface area contributed by atoms with E-state index in [2.05, 4.69) is 10.3 Å². The molecule has 1 aromatic carbocycles. The van der Waals surface area contributed by atoms with Gasteiger partial charge in [0.15, 0.2) is 23.2 Å². The molecule has 44 heavy (non-hydrogen) atoms. The number of amides is 3. The van der Waals surface area contributed by atoms with Gasteiger partial charge in [-0.25, -0.2) is 18.6 Å². The normalized spacial score (nSPS) is 24.8. The van der Waals surface area contributed by atoms with Crippen LogP contribution in [0.25, 0.3) is 0 Å². The Morgan fingerprint density at radius 2 is 1.95 bits per heavy atom. The Labute approximate surface area is 250 Å². The number of aliphatic hydroxyl groups is 1. The number of halogens is 2. The van der Waals surface area contributed by atoms with Gasteiger partial charge in [0, 0.05) is 25.6 Å². The number of carbonyl (C=O) groups is 4. The molecule has 234 valence electrons. The number of β-amino-alcohol motifs (C(OH)–C–C–N with tert-alkyl or cyclic N) is 1. The molecule has 2 saturated heterocycles. The molecule has 4 heterocycles. The summed E-state index contributed by atoms with van der Waals surface area (Å²) in [5, 5.41) is 23.3. The van der Waals surface area contributed by atoms with Crippen molar-refractivity contribution in [2.24, 2.45) is 5.92 Å². The quantitative estimate of drug-likeness (QED) is 0.353. The van der Waals surface area contributed by atoms with Crippen molar-refractivity contribution in [1.82, 2.24) is 10.3 Å². The second kappa shape index (κ2) is 11.2. The molecule has 1 aliphatic carbocycles. The number of ether oxygens (including phenoxy) is 2. The van der Waals surface area contributed by atoms with Gasteiger partial charge in [0.05, 0.1) is 25.3 Å². The molecule has 13 nitrogen and oxygen atoms in total. The third-order valence-electron chi connectivity index (χ3n) is 8.22. The van der Waals surface area contributed by atoms with E-state index < -0.39 is 47.2 Å². The summed E-state index contributed by atoms with van der Waals surface area (Å²) < 4.78 is 41.1. The Morgan fingerprint density at radius 3 is 2.64 bits per heavy atom. The van der Waals surface area contributed by atoms with E-state index in [0.717, 1.165) is 6.07 Å². The number of rotatable bonds is 9. The molecule has 0 spiro atoms. The van der Waals surface area contributed by atoms with Crippen molar-refractivity contribution in [2.45, 2.75) is 50.4 Å². The zero-order valence-electron chi connectivity index (χ0n) is 23.8. The van der Waals surface area contributed by atoms with Crippen molar-refractivity contribution in [1.29, 1.82) is 0 Å². The molecule has 15 heteroatoms. The summed E-state index contributed by atoms with van der Waals surface area (Å²) in [5.41, 5.74) is -0.906. The third kappa shape index (κ3) is 5.70. The summed E-state index contributed by atoms with van der Waals surface area (Å²) >= 11 is 0. The standard InChI is InChI=1S/C29H31F2N5O8/c1-15(37)32-11-19-12-35(28(41)44-19)18-4-5-23(21(30)10-18)43-14-29(42)6-7-34(13-29)25-22(31)9-16-8-20(27(39)40)26(38)36(17-2-3-17)24(16)33-25/h4-5,9-10,17,19-20,42H,2-3,6-8,11-14H2,1H3,(H,32,37)(H,39,40)/t19-,20?,29?/m0/s1. The molecular weight excluding hydrogens is 584 g/mol. The number of anilines is 3. The molecule has 1 saturated carbocycles. The number of aromatic nitrogens is 1. The topological polar surface area (TPSA) is 162 Å². The van der Waals surface area contributed by atoms with Crippen LogP contribution in [0.2, 0.25) is 0 Å². The van der Waals surface area contributed by atoms with E-state index in [1.165, 1.54) is 39.8 Å². The summed E-state index contributed by atoms with van der Waals surface area (Å²) in [4.78, 5) is 56.5. The monoisotopic (exact) mass is 615 g/mol. The molecular formula is C29H31F2N5O8. The first-order valence-corrected chi connectivity index (χ1v) is 14.3. The number of hydrogen-bond donors (Lipinski definition) is 3. The molecule has 3 atom stereocenters. The fourth-order valence-corrected chi connectivity index (χ4v) is 5.78. The van der Waals surface area contributed by atoms with Crippen molar-refractivity contribution in [2.75, 3.05) is 47.5 Å². The van der Waals surface area contributed by atoms with Crippen molar-refractivity contribution < 1.29 is 47.6 Å². The van der Waals surface area contributed by atoms with Gasteiger partial charge in [0.2, 0.25) is 11.8 Å². The second-order valence-corrected chi connectivity index (χ2v) is 11.7. The van der Waals surface area contributed by atoms with Gasteiger partial charge in [-0.3, -0.25) is 24.2 Å². The summed E-state index contributed by atoms with van der Waals surface area (Å²) in [6.45, 7) is 1.40. The molecule has 0 bridgehead atoms. The molecule has 3 N–H and O–H groups in total. The van der Waals surface area contributed by atoms with Gasteiger partial charge in [-0.1, -0.05) is 0 Å². The lowest BCUT2D eigenvalue weighted by molar-refractivity contribution is -0.146. The van der Waals surface area contributed by atoms with Gasteiger partial charge < -0.3 is 29.9 Å². The molecule has 3 amide bonds. The van der Waals surface area contributed by atoms with Crippen LogP contribution in [0.5, 0.6) is 5.75 Å². The molecule has 0 radical (unpaired) electrons. The average molecular weight is 616 g/mol. The van der Waals surface area contributed by atoms with Crippen molar-refractivity contribution >= 4 is 41.2 Å². The minimum absolute atomic E-state index is 0.0725. The van der Waals surface area contributed by atoms with Crippen molar-refractivity contribution in [3.8, 4) is 5.75 Å². The SMILES string of the molecule is CC(=O)NC[C@H]1CN(c2ccc(OCC3(O)CCN(c4nc5c(cc4F)CC(C(=O)O)C(=O)N5C4CC4)C3)c(F)c2)C(=O)O1. The van der Waals surface area contributed by atoms with Gasteiger partial charge in [-0.05, 0) is 49.4 Å². The van der Waals surface area contributed by atoms with Gasteiger partial charge >= 0.3 is 12.1 Å². The fourth-order valence-electron chi connectivity index (χ4n) is 5.78. The molecule has 2 aromatic rings. The van der Waals surface area contributed by atoms with Crippen LogP contribution >= 0.6 is 0 Å². The number of carboxylic acid groups (broad SMARTS) is 1. The van der Waals surface area contributed by atoms with E-state index in [1.54, 1.807) is 0 Å². The van der Waals surface area contributed by atoms with Crippen LogP contribution in [-0.4, -0.2) is 89.6 Å². The highest BCUT2D eigenvalue weighted by atomic mass is 19.1. The maximum Gasteiger partial charge on any atom is 0.414 e. The number of cyclic esters (lactones) is 1. The Morgan fingerprint density at radius 1 is 1.18 bits per heavy atom. The lowest BCUT2D eigenvalue weighted by Crippen LogP contribution is -2.46. The predicted octanol–water partition coefficient (Wildman–Crippen LogP) is 1.59. The van der Waals surface area contributed by atoms with E-state index in [0.29, 0.717) is 18.4 Å². The number of pyridine rings is 1. The first-order chi connectivity index (χ1) is 20.9. The number of fused-ring (bicyclic) bond motifs is 1. The smallest absolute Gasteiger partial charge is 0.414 e. The lowest BCUT2D eigenvalue weighted by Gasteiger charge is -2.33. The average Bonchev–Trinajstić information content (AvgIpc) is 3.62. The number of aliphatic carboxylic acids is 1. The molecule has 1 aromatic heterocycles. The maximum absolute atomic E-state index is 15.3. The minimum Gasteiger partial charge on any atom is -0.487 e. The third-order valence-corrected chi connectivity index (χ3v) is 8.22. The Hall–Kier alpha value is -4.53. The van der Waals surface area contributed by atoms with Crippen molar-refractivity contribution in [3.05, 3.63) is 41.5 Å². The molecule has 6 rings (SSSR count). The Bertz CT molecular complexity index is 1540. The van der Waals surface area contributed by atoms with Crippen LogP contribution in [0, 0.1) is 17.6 Å². The largest absolute Gasteiger partial charge is 0.487 e. The lowest BCUT2D eigenvalue weighted by atomic mass is 9.93. The predicted molar refractivity (Wildman–Crippen MR) is 150 cm³/mol. The highest BCUT2D eigenvalue weighted by Crippen LogP contribution is 2.41. The summed E-state index contributed by atoms with van der Waals surface area (Å²) in [6, 6.07) is 4.93. The number of nitrogens with one attached hydrogen (secondary N) is 1. The number of hydrogen-bond acceptors (Lipinski definition) is 9. The summed E-state index contributed by atoms with van der Waals surface area (Å²) in [5.74, 6) is -4.87. The maximum atomic E-state index is 15.3. The molecule has 3 aliphatic heterocycles. The van der Waals surface area contributed by atoms with Gasteiger partial charge in [-0.15, -0.1) is 0 Å². The van der Waals surface area contributed by atoms with Crippen LogP contribution in [0.1, 0.15) is 31.7 Å². The molecule has 3 fully saturated rings. The second-order valence-electron chi connectivity index (χ2n) is 11.7. The van der Waals surface area contributed by atoms with Gasteiger partial charge in [0.1, 0.15) is 30.0 Å². The Kier molecular flexibility index (Phi) is 7.51. The highest BCUT2D eigenvalue weighted by Gasteiger charge is 2.46. The van der Waals surface area contributed by atoms with Crippen LogP contribution in [0.15, 0.2) is 24.3 Å². The minimum atomic E-state index is -1.48. The van der Waals surface area contributed by atoms with Gasteiger partial charge in [0.25, 0.3) is 0 Å². The van der Waals surface area contributed by atoms with E-state index in [4.69, 9.17) is 9.47 Å². The first kappa shape index (κ1) is 29.5. The molecule has 4 aliphatic rings. The van der Waals surface area contributed by atoms with Crippen LogP contribution in [0.3, 0.4) is 0 Å². The highest BCUT2D eigenvalue weighted by molar-refractivity contribution is 6.08. The van der Waals surface area contributed by atoms with Crippen LogP contribution in [-0.2, 0) is 25.5 Å². The fraction of sp³-hybridized carbons (Fsp3) is 0.483. The molecule has 2 unspecified atom stereocenters. The number of carboxylic acids is 1. The van der Waals surface area contributed by atoms with E-state index >= 15 is 4.39 Å². The van der Waals surface area contributed by atoms with Crippen LogP contribution < -0.4 is 24.8 Å². The number of benzene rings is 1. The van der Waals surface area contributed by atoms with Crippen LogP contribution in [0.4, 0.5) is 30.9 Å². The Balaban J connectivity index is 1.11. The first-order valence-electron chi connectivity index (χ1n) is 14.3. The van der Waals surface area contributed by atoms with E-state index in [1.807, 2.05) is 0 Å². The number of nitrogens with zero attached hydrogens (tertiary/aromatic N) is 4. The van der Waals surface area contributed by atoms with E-state index in [-0.39, 0.29) is 80.6 Å². The van der Waals surface area contributed by atoms with E-state index in [9.17, 15) is 33.8 Å². The zero-order valence-corrected chi connectivity index (χ0v) is 23.8.